The molecule has 9 heteroatoms. The Morgan fingerprint density at radius 3 is 1.78 bits per heavy atom. The third kappa shape index (κ3) is 9.78. The van der Waals surface area contributed by atoms with Crippen LogP contribution in [-0.4, -0.2) is 49.1 Å². The molecule has 188 valence electrons. The Morgan fingerprint density at radius 1 is 0.778 bits per heavy atom. The maximum absolute atomic E-state index is 12.6. The molecule has 0 aliphatic rings. The molecule has 0 aromatic heterocycles. The number of carboxylic acid groups (broad SMARTS) is 1. The molecule has 0 aliphatic heterocycles. The van der Waals surface area contributed by atoms with Crippen molar-refractivity contribution in [2.24, 2.45) is 0 Å². The van der Waals surface area contributed by atoms with Crippen molar-refractivity contribution >= 4 is 23.8 Å². The molecule has 0 atom stereocenters. The number of hydrogen-bond donors (Lipinski definition) is 3. The monoisotopic (exact) mass is 492 g/mol. The van der Waals surface area contributed by atoms with Gasteiger partial charge in [0.05, 0.1) is 17.7 Å². The lowest BCUT2D eigenvalue weighted by Crippen LogP contribution is -2.33. The predicted molar refractivity (Wildman–Crippen MR) is 133 cm³/mol. The van der Waals surface area contributed by atoms with Crippen LogP contribution < -0.4 is 20.1 Å². The van der Waals surface area contributed by atoms with E-state index in [1.54, 1.807) is 85.9 Å². The van der Waals surface area contributed by atoms with Gasteiger partial charge in [-0.2, -0.15) is 0 Å². The molecule has 3 rings (SSSR count). The van der Waals surface area contributed by atoms with Crippen molar-refractivity contribution in [1.82, 2.24) is 10.6 Å². The smallest absolute Gasteiger partial charge is 0.343 e. The highest BCUT2D eigenvalue weighted by atomic mass is 16.6. The van der Waals surface area contributed by atoms with Crippen LogP contribution >= 0.6 is 0 Å². The van der Waals surface area contributed by atoms with Gasteiger partial charge in [0.15, 0.2) is 11.5 Å². The maximum Gasteiger partial charge on any atom is 0.343 e. The fraction of sp³-hybridized carbons (Fsp3) is 0.185. The quantitative estimate of drug-likeness (QED) is 0.307. The molecule has 0 aliphatic carbocycles. The van der Waals surface area contributed by atoms with Gasteiger partial charge in [-0.3, -0.25) is 9.59 Å². The highest BCUT2D eigenvalue weighted by molar-refractivity contribution is 5.93. The molecule has 0 saturated carbocycles. The number of benzene rings is 3. The molecule has 36 heavy (non-hydrogen) atoms. The van der Waals surface area contributed by atoms with Crippen LogP contribution in [0, 0.1) is 0 Å². The van der Waals surface area contributed by atoms with Crippen LogP contribution in [0.3, 0.4) is 0 Å². The van der Waals surface area contributed by atoms with Crippen LogP contribution in [-0.2, 0) is 16.0 Å². The number of hydrogen-bond acceptors (Lipinski definition) is 7. The summed E-state index contributed by atoms with van der Waals surface area (Å²) in [6.45, 7) is 1.73. The van der Waals surface area contributed by atoms with Gasteiger partial charge in [0.2, 0.25) is 5.91 Å². The Balaban J connectivity index is 0.00000106. The number of nitrogens with one attached hydrogen (secondary N) is 2. The Bertz CT molecular complexity index is 1160. The van der Waals surface area contributed by atoms with Gasteiger partial charge in [-0.1, -0.05) is 42.5 Å². The highest BCUT2D eigenvalue weighted by Crippen LogP contribution is 2.30. The van der Waals surface area contributed by atoms with Crippen LogP contribution in [0.5, 0.6) is 11.5 Å². The number of esters is 2. The first kappa shape index (κ1) is 27.7. The summed E-state index contributed by atoms with van der Waals surface area (Å²) in [5.74, 6) is -1.82. The highest BCUT2D eigenvalue weighted by Gasteiger charge is 2.17. The van der Waals surface area contributed by atoms with E-state index in [0.29, 0.717) is 24.1 Å². The third-order valence-corrected chi connectivity index (χ3v) is 4.51. The van der Waals surface area contributed by atoms with Crippen molar-refractivity contribution in [2.45, 2.75) is 13.3 Å². The van der Waals surface area contributed by atoms with Crippen LogP contribution in [0.15, 0.2) is 78.9 Å². The average Bonchev–Trinajstić information content (AvgIpc) is 2.86. The summed E-state index contributed by atoms with van der Waals surface area (Å²) in [5, 5.41) is 13.0. The van der Waals surface area contributed by atoms with Crippen LogP contribution in [0.4, 0.5) is 0 Å². The minimum absolute atomic E-state index is 0.114. The second-order valence-corrected chi connectivity index (χ2v) is 7.44. The van der Waals surface area contributed by atoms with Gasteiger partial charge >= 0.3 is 11.9 Å². The van der Waals surface area contributed by atoms with Crippen LogP contribution in [0.2, 0.25) is 0 Å². The minimum Gasteiger partial charge on any atom is -0.481 e. The van der Waals surface area contributed by atoms with Crippen molar-refractivity contribution in [3.8, 4) is 11.5 Å². The molecule has 9 nitrogen and oxygen atoms in total. The van der Waals surface area contributed by atoms with E-state index in [9.17, 15) is 14.4 Å². The van der Waals surface area contributed by atoms with Gasteiger partial charge in [-0.15, -0.1) is 0 Å². The van der Waals surface area contributed by atoms with E-state index in [1.165, 1.54) is 0 Å². The number of carboxylic acids is 1. The van der Waals surface area contributed by atoms with Crippen LogP contribution in [0.1, 0.15) is 33.2 Å². The Morgan fingerprint density at radius 2 is 1.28 bits per heavy atom. The SMILES string of the molecule is CC(=O)O.CNCC(=O)NCCc1ccc(OC(=O)c2ccccc2)c(OC(=O)c2ccccc2)c1. The number of likely N-dealkylation sites (N-methyl/N-ethyl adjacent to an activating group) is 1. The van der Waals surface area contributed by atoms with Gasteiger partial charge in [-0.05, 0) is 55.4 Å². The van der Waals surface area contributed by atoms with E-state index in [2.05, 4.69) is 10.6 Å². The number of carbonyl (C=O) groups excluding carboxylic acids is 3. The van der Waals surface area contributed by atoms with E-state index < -0.39 is 17.9 Å². The largest absolute Gasteiger partial charge is 0.481 e. The fourth-order valence-corrected chi connectivity index (χ4v) is 2.91. The Kier molecular flexibility index (Phi) is 11.3. The first-order chi connectivity index (χ1) is 17.3. The van der Waals surface area contributed by atoms with Gasteiger partial charge in [0.25, 0.3) is 5.97 Å². The van der Waals surface area contributed by atoms with Gasteiger partial charge in [-0.25, -0.2) is 9.59 Å². The van der Waals surface area contributed by atoms with Gasteiger partial charge in [0.1, 0.15) is 0 Å². The summed E-state index contributed by atoms with van der Waals surface area (Å²) < 4.78 is 11.1. The zero-order valence-electron chi connectivity index (χ0n) is 20.0. The molecular weight excluding hydrogens is 464 g/mol. The molecule has 3 aromatic carbocycles. The summed E-state index contributed by atoms with van der Waals surface area (Å²) in [6, 6.07) is 22.1. The summed E-state index contributed by atoms with van der Waals surface area (Å²) in [6.07, 6.45) is 0.512. The molecule has 0 fully saturated rings. The lowest BCUT2D eigenvalue weighted by atomic mass is 10.1. The van der Waals surface area contributed by atoms with Crippen molar-refractivity contribution in [3.05, 3.63) is 95.6 Å². The summed E-state index contributed by atoms with van der Waals surface area (Å²) >= 11 is 0. The van der Waals surface area contributed by atoms with Gasteiger partial charge < -0.3 is 25.2 Å². The molecule has 0 heterocycles. The van der Waals surface area contributed by atoms with E-state index in [0.717, 1.165) is 12.5 Å². The molecule has 3 N–H and O–H groups in total. The van der Waals surface area contributed by atoms with Crippen molar-refractivity contribution in [3.63, 3.8) is 0 Å². The van der Waals surface area contributed by atoms with E-state index in [-0.39, 0.29) is 24.0 Å². The summed E-state index contributed by atoms with van der Waals surface area (Å²) in [4.78, 5) is 45.7. The number of amides is 1. The lowest BCUT2D eigenvalue weighted by molar-refractivity contribution is -0.134. The van der Waals surface area contributed by atoms with Gasteiger partial charge in [0, 0.05) is 13.5 Å². The number of carbonyl (C=O) groups is 4. The summed E-state index contributed by atoms with van der Waals surface area (Å²) in [7, 11) is 1.70. The molecule has 0 saturated heterocycles. The predicted octanol–water partition coefficient (Wildman–Crippen LogP) is 3.09. The fourth-order valence-electron chi connectivity index (χ4n) is 2.91. The van der Waals surface area contributed by atoms with Crippen molar-refractivity contribution < 1.29 is 33.8 Å². The zero-order valence-corrected chi connectivity index (χ0v) is 20.0. The lowest BCUT2D eigenvalue weighted by Gasteiger charge is -2.13. The zero-order chi connectivity index (χ0) is 26.3. The van der Waals surface area contributed by atoms with Crippen molar-refractivity contribution in [2.75, 3.05) is 20.1 Å². The normalized spacial score (nSPS) is 9.83. The molecule has 0 unspecified atom stereocenters. The molecule has 0 radical (unpaired) electrons. The standard InChI is InChI=1S/C25H24N2O5.C2H4O2/c1-26-17-23(28)27-15-14-18-12-13-21(31-24(29)19-8-4-2-5-9-19)22(16-18)32-25(30)20-10-6-3-7-11-20;1-2(3)4/h2-13,16,26H,14-15,17H2,1H3,(H,27,28);1H3,(H,3,4). The summed E-state index contributed by atoms with van der Waals surface area (Å²) in [5.41, 5.74) is 1.56. The minimum atomic E-state index is -0.833. The maximum atomic E-state index is 12.6. The second-order valence-electron chi connectivity index (χ2n) is 7.44. The van der Waals surface area contributed by atoms with Crippen molar-refractivity contribution in [1.29, 1.82) is 0 Å². The average molecular weight is 493 g/mol. The number of rotatable bonds is 9. The Hall–Kier alpha value is -4.50. The van der Waals surface area contributed by atoms with Crippen LogP contribution in [0.25, 0.3) is 0 Å². The topological polar surface area (TPSA) is 131 Å². The molecule has 0 spiro atoms. The number of ether oxygens (including phenoxy) is 2. The Labute approximate surface area is 209 Å². The first-order valence-corrected chi connectivity index (χ1v) is 11.1. The van der Waals surface area contributed by atoms with E-state index in [1.807, 2.05) is 0 Å². The second kappa shape index (κ2) is 14.7. The molecular formula is C27H28N2O7. The molecule has 0 bridgehead atoms. The molecule has 3 aromatic rings. The number of aliphatic carboxylic acids is 1. The van der Waals surface area contributed by atoms with E-state index >= 15 is 0 Å². The molecule has 1 amide bonds. The first-order valence-electron chi connectivity index (χ1n) is 11.1. The van der Waals surface area contributed by atoms with E-state index in [4.69, 9.17) is 19.4 Å². The third-order valence-electron chi connectivity index (χ3n) is 4.51.